The van der Waals surface area contributed by atoms with Crippen molar-refractivity contribution in [2.24, 2.45) is 10.8 Å². The summed E-state index contributed by atoms with van der Waals surface area (Å²) in [5, 5.41) is 0.259. The van der Waals surface area contributed by atoms with Gasteiger partial charge >= 0.3 is 0 Å². The number of ether oxygens (including phenoxy) is 1. The zero-order chi connectivity index (χ0) is 17.5. The molecule has 2 saturated carbocycles. The molecule has 23 heavy (non-hydrogen) atoms. The summed E-state index contributed by atoms with van der Waals surface area (Å²) in [5.41, 5.74) is 0.685. The predicted octanol–water partition coefficient (Wildman–Crippen LogP) is 5.94. The van der Waals surface area contributed by atoms with Gasteiger partial charge in [0.1, 0.15) is 0 Å². The van der Waals surface area contributed by atoms with Gasteiger partial charge in [-0.05, 0) is 44.3 Å². The van der Waals surface area contributed by atoms with Gasteiger partial charge < -0.3 is 9.16 Å². The van der Waals surface area contributed by atoms with E-state index >= 15 is 0 Å². The Kier molecular flexibility index (Phi) is 4.21. The van der Waals surface area contributed by atoms with Crippen LogP contribution in [0.15, 0.2) is 0 Å². The maximum atomic E-state index is 7.17. The zero-order valence-corrected chi connectivity index (χ0v) is 19.4. The molecule has 0 aromatic carbocycles. The molecule has 0 unspecified atom stereocenters. The van der Waals surface area contributed by atoms with E-state index in [-0.39, 0.29) is 16.1 Å². The normalized spacial score (nSPS) is 49.2. The number of rotatable bonds is 4. The Balaban J connectivity index is 1.97. The fraction of sp³-hybridized carbons (Fsp3) is 1.00. The van der Waals surface area contributed by atoms with E-state index in [0.29, 0.717) is 21.5 Å². The Labute approximate surface area is 157 Å². The van der Waals surface area contributed by atoms with Crippen molar-refractivity contribution >= 4 is 30.9 Å². The van der Waals surface area contributed by atoms with Gasteiger partial charge in [0.15, 0.2) is 8.32 Å². The Morgan fingerprint density at radius 1 is 1.26 bits per heavy atom. The molecule has 0 bridgehead atoms. The summed E-state index contributed by atoms with van der Waals surface area (Å²) in [7, 11) is -1.80. The maximum absolute atomic E-state index is 7.17. The van der Waals surface area contributed by atoms with Gasteiger partial charge in [-0.15, -0.1) is 0 Å². The highest BCUT2D eigenvalue weighted by atomic mass is 127. The van der Waals surface area contributed by atoms with Crippen LogP contribution in [0, 0.1) is 10.8 Å². The summed E-state index contributed by atoms with van der Waals surface area (Å²) < 4.78 is 14.3. The maximum Gasteiger partial charge on any atom is 0.192 e. The molecule has 2 nitrogen and oxygen atoms in total. The van der Waals surface area contributed by atoms with Gasteiger partial charge in [-0.3, -0.25) is 0 Å². The third-order valence-corrected chi connectivity index (χ3v) is 14.4. The van der Waals surface area contributed by atoms with Gasteiger partial charge in [0.05, 0.1) is 17.8 Å². The molecule has 0 amide bonds. The molecule has 0 N–H and O–H groups in total. The van der Waals surface area contributed by atoms with Crippen molar-refractivity contribution in [3.05, 3.63) is 0 Å². The lowest BCUT2D eigenvalue weighted by molar-refractivity contribution is -0.0577. The standard InChI is InChI=1S/C19H35IO2Si/c1-9-10-18-11-17(6)14(20)13(2)21-15(17)19(18,12-18)22-23(7,8)16(3,4)5/h13-15H,9-12H2,1-8H3/t13-,14-,15-,17+,18+,19-/m0/s1. The number of hydrogen-bond acceptors (Lipinski definition) is 2. The van der Waals surface area contributed by atoms with Crippen LogP contribution in [0.4, 0.5) is 0 Å². The van der Waals surface area contributed by atoms with Crippen LogP contribution in [-0.2, 0) is 9.16 Å². The lowest BCUT2D eigenvalue weighted by atomic mass is 9.78. The Hall–Kier alpha value is 0.867. The largest absolute Gasteiger partial charge is 0.408 e. The van der Waals surface area contributed by atoms with Crippen LogP contribution in [-0.4, -0.2) is 30.1 Å². The average Bonchev–Trinajstić information content (AvgIpc) is 2.84. The molecule has 3 aliphatic rings. The molecule has 1 heterocycles. The van der Waals surface area contributed by atoms with Crippen molar-refractivity contribution < 1.29 is 9.16 Å². The highest BCUT2D eigenvalue weighted by Gasteiger charge is 2.84. The Morgan fingerprint density at radius 2 is 1.87 bits per heavy atom. The molecule has 1 saturated heterocycles. The van der Waals surface area contributed by atoms with Crippen molar-refractivity contribution in [2.45, 2.75) is 107 Å². The van der Waals surface area contributed by atoms with E-state index < -0.39 is 8.32 Å². The van der Waals surface area contributed by atoms with Crippen LogP contribution in [0.25, 0.3) is 0 Å². The molecular weight excluding hydrogens is 415 g/mol. The summed E-state index contributed by atoms with van der Waals surface area (Å²) in [6.45, 7) is 18.9. The first-order valence-corrected chi connectivity index (χ1v) is 13.5. The third kappa shape index (κ3) is 2.37. The first kappa shape index (κ1) is 18.7. The quantitative estimate of drug-likeness (QED) is 0.300. The van der Waals surface area contributed by atoms with Crippen molar-refractivity contribution in [3.8, 4) is 0 Å². The lowest BCUT2D eigenvalue weighted by Crippen LogP contribution is -2.50. The summed E-state index contributed by atoms with van der Waals surface area (Å²) in [6, 6.07) is 0. The predicted molar refractivity (Wildman–Crippen MR) is 108 cm³/mol. The highest BCUT2D eigenvalue weighted by Crippen LogP contribution is 2.79. The van der Waals surface area contributed by atoms with Gasteiger partial charge in [0.2, 0.25) is 0 Å². The molecule has 1 aliphatic heterocycles. The van der Waals surface area contributed by atoms with E-state index in [9.17, 15) is 0 Å². The molecule has 0 radical (unpaired) electrons. The minimum absolute atomic E-state index is 0.00887. The monoisotopic (exact) mass is 450 g/mol. The van der Waals surface area contributed by atoms with Crippen molar-refractivity contribution in [1.29, 1.82) is 0 Å². The Morgan fingerprint density at radius 3 is 2.39 bits per heavy atom. The van der Waals surface area contributed by atoms with Crippen molar-refractivity contribution in [1.82, 2.24) is 0 Å². The molecule has 0 aromatic rings. The molecule has 3 fully saturated rings. The van der Waals surface area contributed by atoms with Crippen molar-refractivity contribution in [3.63, 3.8) is 0 Å². The van der Waals surface area contributed by atoms with Gasteiger partial charge in [0.25, 0.3) is 0 Å². The second-order valence-corrected chi connectivity index (χ2v) is 16.3. The molecule has 4 heteroatoms. The fourth-order valence-corrected chi connectivity index (χ4v) is 7.73. The SMILES string of the molecule is CCC[C@]12C[C@]3(C)[C@@H](I)[C@H](C)O[C@@H]3[C@@]1(O[Si](C)(C)C(C)(C)C)C2. The summed E-state index contributed by atoms with van der Waals surface area (Å²) in [4.78, 5) is 0. The molecular formula is C19H35IO2Si. The fourth-order valence-electron chi connectivity index (χ4n) is 5.40. The molecule has 134 valence electrons. The summed E-state index contributed by atoms with van der Waals surface area (Å²) in [5.74, 6) is 0. The number of fused-ring (bicyclic) bond motifs is 3. The Bertz CT molecular complexity index is 502. The molecule has 0 spiro atoms. The summed E-state index contributed by atoms with van der Waals surface area (Å²) in [6.07, 6.45) is 5.74. The second kappa shape index (κ2) is 5.20. The van der Waals surface area contributed by atoms with Gasteiger partial charge in [-0.25, -0.2) is 0 Å². The van der Waals surface area contributed by atoms with E-state index in [1.165, 1.54) is 25.7 Å². The van der Waals surface area contributed by atoms with Crippen LogP contribution in [0.2, 0.25) is 18.1 Å². The zero-order valence-electron chi connectivity index (χ0n) is 16.3. The molecule has 6 atom stereocenters. The molecule has 0 aromatic heterocycles. The van der Waals surface area contributed by atoms with Crippen LogP contribution in [0.1, 0.15) is 67.2 Å². The van der Waals surface area contributed by atoms with E-state index in [1.54, 1.807) is 0 Å². The third-order valence-electron chi connectivity index (χ3n) is 7.48. The van der Waals surface area contributed by atoms with Gasteiger partial charge in [-0.2, -0.15) is 0 Å². The topological polar surface area (TPSA) is 18.5 Å². The molecule has 3 rings (SSSR count). The number of alkyl halides is 1. The second-order valence-electron chi connectivity index (χ2n) is 10.3. The van der Waals surface area contributed by atoms with Gasteiger partial charge in [0, 0.05) is 14.8 Å². The van der Waals surface area contributed by atoms with Crippen molar-refractivity contribution in [2.75, 3.05) is 0 Å². The summed E-state index contributed by atoms with van der Waals surface area (Å²) >= 11 is 2.65. The number of hydrogen-bond donors (Lipinski definition) is 0. The first-order valence-electron chi connectivity index (χ1n) is 9.35. The van der Waals surface area contributed by atoms with Gasteiger partial charge in [-0.1, -0.05) is 63.6 Å². The van der Waals surface area contributed by atoms with Crippen LogP contribution < -0.4 is 0 Å². The smallest absolute Gasteiger partial charge is 0.192 e. The van der Waals surface area contributed by atoms with Crippen LogP contribution in [0.3, 0.4) is 0 Å². The molecule has 2 aliphatic carbocycles. The van der Waals surface area contributed by atoms with E-state index in [2.05, 4.69) is 77.2 Å². The van der Waals surface area contributed by atoms with Crippen LogP contribution in [0.5, 0.6) is 0 Å². The minimum atomic E-state index is -1.80. The minimum Gasteiger partial charge on any atom is -0.408 e. The van der Waals surface area contributed by atoms with E-state index in [4.69, 9.17) is 9.16 Å². The van der Waals surface area contributed by atoms with E-state index in [0.717, 1.165) is 0 Å². The average molecular weight is 450 g/mol. The highest BCUT2D eigenvalue weighted by molar-refractivity contribution is 14.1. The number of halogens is 1. The lowest BCUT2D eigenvalue weighted by Gasteiger charge is -2.42. The van der Waals surface area contributed by atoms with Crippen LogP contribution >= 0.6 is 22.6 Å². The van der Waals surface area contributed by atoms with E-state index in [1.807, 2.05) is 0 Å². The first-order chi connectivity index (χ1) is 10.4.